The summed E-state index contributed by atoms with van der Waals surface area (Å²) in [5.74, 6) is -0.939. The number of likely N-dealkylation sites (tertiary alicyclic amines) is 1. The molecule has 3 N–H and O–H groups in total. The molecule has 1 aromatic heterocycles. The molecule has 0 radical (unpaired) electrons. The minimum atomic E-state index is -1.06. The van der Waals surface area contributed by atoms with Gasteiger partial charge in [-0.05, 0) is 49.8 Å². The van der Waals surface area contributed by atoms with Crippen LogP contribution in [0.4, 0.5) is 4.39 Å². The standard InChI is InChI=1S/C21H27FN4O2.ClH/c1-25(2)13-18-14-26(12-15-8-19(22)11-24-10-15)7-6-21(18,28)17-5-3-4-16(9-17)20(23)27;/h3-5,8-11,18,28H,6-7,12-14H2,1-2H3,(H2,23,27);1H/t18-,21-;/m0./s1. The van der Waals surface area contributed by atoms with Crippen LogP contribution in [-0.4, -0.2) is 59.5 Å². The van der Waals surface area contributed by atoms with E-state index in [-0.39, 0.29) is 24.1 Å². The van der Waals surface area contributed by atoms with Crippen LogP contribution in [0.3, 0.4) is 0 Å². The zero-order valence-electron chi connectivity index (χ0n) is 16.7. The summed E-state index contributed by atoms with van der Waals surface area (Å²) in [6, 6.07) is 8.44. The van der Waals surface area contributed by atoms with Gasteiger partial charge < -0.3 is 15.7 Å². The first-order valence-electron chi connectivity index (χ1n) is 9.37. The van der Waals surface area contributed by atoms with E-state index >= 15 is 0 Å². The molecule has 6 nitrogen and oxygen atoms in total. The molecule has 3 rings (SSSR count). The van der Waals surface area contributed by atoms with Gasteiger partial charge >= 0.3 is 0 Å². The third-order valence-corrected chi connectivity index (χ3v) is 5.36. The van der Waals surface area contributed by atoms with Crippen molar-refractivity contribution in [2.24, 2.45) is 11.7 Å². The quantitative estimate of drug-likeness (QED) is 0.744. The maximum atomic E-state index is 13.5. The number of nitrogens with two attached hydrogens (primary N) is 1. The first-order chi connectivity index (χ1) is 13.3. The van der Waals surface area contributed by atoms with Crippen LogP contribution in [0.25, 0.3) is 0 Å². The molecule has 0 spiro atoms. The summed E-state index contributed by atoms with van der Waals surface area (Å²) in [5.41, 5.74) is 6.27. The number of aliphatic hydroxyl groups is 1. The third-order valence-electron chi connectivity index (χ3n) is 5.36. The van der Waals surface area contributed by atoms with E-state index in [1.54, 1.807) is 24.4 Å². The van der Waals surface area contributed by atoms with Crippen LogP contribution in [0.15, 0.2) is 42.7 Å². The van der Waals surface area contributed by atoms with Crippen molar-refractivity contribution in [1.82, 2.24) is 14.8 Å². The molecule has 2 aromatic rings. The molecule has 0 saturated carbocycles. The van der Waals surface area contributed by atoms with Crippen molar-refractivity contribution in [3.05, 3.63) is 65.2 Å². The Morgan fingerprint density at radius 1 is 1.38 bits per heavy atom. The number of carbonyl (C=O) groups is 1. The molecular weight excluding hydrogens is 395 g/mol. The number of benzene rings is 1. The monoisotopic (exact) mass is 422 g/mol. The average molecular weight is 423 g/mol. The SMILES string of the molecule is CN(C)C[C@H]1CN(Cc2cncc(F)c2)CC[C@]1(O)c1cccc(C(N)=O)c1.Cl. The van der Waals surface area contributed by atoms with Crippen LogP contribution in [0, 0.1) is 11.7 Å². The molecule has 1 aliphatic heterocycles. The number of primary amides is 1. The number of nitrogens with zero attached hydrogens (tertiary/aromatic N) is 3. The number of piperidine rings is 1. The average Bonchev–Trinajstić information content (AvgIpc) is 2.64. The second-order valence-corrected chi connectivity index (χ2v) is 7.82. The van der Waals surface area contributed by atoms with Crippen molar-refractivity contribution in [3.8, 4) is 0 Å². The molecule has 8 heteroatoms. The van der Waals surface area contributed by atoms with Crippen LogP contribution in [0.5, 0.6) is 0 Å². The van der Waals surface area contributed by atoms with E-state index in [9.17, 15) is 14.3 Å². The summed E-state index contributed by atoms with van der Waals surface area (Å²) < 4.78 is 13.5. The molecule has 2 atom stereocenters. The highest BCUT2D eigenvalue weighted by Gasteiger charge is 2.43. The Balaban J connectivity index is 0.00000300. The van der Waals surface area contributed by atoms with Crippen LogP contribution in [-0.2, 0) is 12.1 Å². The molecule has 0 bridgehead atoms. The van der Waals surface area contributed by atoms with Gasteiger partial charge in [0, 0.05) is 43.9 Å². The molecule has 158 valence electrons. The van der Waals surface area contributed by atoms with Gasteiger partial charge in [-0.25, -0.2) is 4.39 Å². The van der Waals surface area contributed by atoms with Gasteiger partial charge in [0.1, 0.15) is 5.82 Å². The van der Waals surface area contributed by atoms with Crippen molar-refractivity contribution < 1.29 is 14.3 Å². The maximum Gasteiger partial charge on any atom is 0.248 e. The van der Waals surface area contributed by atoms with Gasteiger partial charge in [-0.3, -0.25) is 14.7 Å². The zero-order valence-corrected chi connectivity index (χ0v) is 17.5. The third kappa shape index (κ3) is 5.51. The van der Waals surface area contributed by atoms with E-state index in [1.165, 1.54) is 12.3 Å². The lowest BCUT2D eigenvalue weighted by Crippen LogP contribution is -2.52. The van der Waals surface area contributed by atoms with Gasteiger partial charge in [0.15, 0.2) is 0 Å². The first-order valence-corrected chi connectivity index (χ1v) is 9.37. The van der Waals surface area contributed by atoms with Gasteiger partial charge in [0.05, 0.1) is 11.8 Å². The van der Waals surface area contributed by atoms with Gasteiger partial charge in [-0.1, -0.05) is 12.1 Å². The normalized spacial score (nSPS) is 22.3. The minimum Gasteiger partial charge on any atom is -0.385 e. The maximum absolute atomic E-state index is 13.5. The fourth-order valence-electron chi connectivity index (χ4n) is 4.00. The molecule has 29 heavy (non-hydrogen) atoms. The van der Waals surface area contributed by atoms with Crippen molar-refractivity contribution >= 4 is 18.3 Å². The van der Waals surface area contributed by atoms with Crippen molar-refractivity contribution in [2.75, 3.05) is 33.7 Å². The lowest BCUT2D eigenvalue weighted by Gasteiger charge is -2.46. The zero-order chi connectivity index (χ0) is 20.3. The summed E-state index contributed by atoms with van der Waals surface area (Å²) in [5, 5.41) is 11.6. The first kappa shape index (κ1) is 23.2. The molecular formula is C21H28ClFN4O2. The van der Waals surface area contributed by atoms with E-state index in [4.69, 9.17) is 5.73 Å². The Hall–Kier alpha value is -2.06. The molecule has 1 fully saturated rings. The van der Waals surface area contributed by atoms with Crippen LogP contribution in [0.1, 0.15) is 27.9 Å². The van der Waals surface area contributed by atoms with Gasteiger partial charge in [0.25, 0.3) is 0 Å². The summed E-state index contributed by atoms with van der Waals surface area (Å²) in [6.45, 7) is 2.55. The number of pyridine rings is 1. The number of amides is 1. The Morgan fingerprint density at radius 3 is 2.79 bits per heavy atom. The predicted molar refractivity (Wildman–Crippen MR) is 112 cm³/mol. The smallest absolute Gasteiger partial charge is 0.248 e. The van der Waals surface area contributed by atoms with Crippen molar-refractivity contribution in [2.45, 2.75) is 18.6 Å². The molecule has 1 aromatic carbocycles. The highest BCUT2D eigenvalue weighted by atomic mass is 35.5. The van der Waals surface area contributed by atoms with Crippen LogP contribution >= 0.6 is 12.4 Å². The van der Waals surface area contributed by atoms with Crippen LogP contribution < -0.4 is 5.73 Å². The van der Waals surface area contributed by atoms with E-state index in [0.717, 1.165) is 5.56 Å². The van der Waals surface area contributed by atoms with E-state index < -0.39 is 11.5 Å². The Morgan fingerprint density at radius 2 is 2.14 bits per heavy atom. The largest absolute Gasteiger partial charge is 0.385 e. The molecule has 2 heterocycles. The van der Waals surface area contributed by atoms with E-state index in [1.807, 2.05) is 25.1 Å². The van der Waals surface area contributed by atoms with Crippen molar-refractivity contribution in [1.29, 1.82) is 0 Å². The molecule has 1 amide bonds. The fourth-order valence-corrected chi connectivity index (χ4v) is 4.00. The number of aromatic nitrogens is 1. The Labute approximate surface area is 176 Å². The molecule has 0 aliphatic carbocycles. The fraction of sp³-hybridized carbons (Fsp3) is 0.429. The van der Waals surface area contributed by atoms with Gasteiger partial charge in [-0.15, -0.1) is 12.4 Å². The number of hydrogen-bond acceptors (Lipinski definition) is 5. The van der Waals surface area contributed by atoms with Gasteiger partial charge in [0.2, 0.25) is 5.91 Å². The van der Waals surface area contributed by atoms with Crippen LogP contribution in [0.2, 0.25) is 0 Å². The number of carbonyl (C=O) groups excluding carboxylic acids is 1. The second kappa shape index (κ2) is 9.63. The predicted octanol–water partition coefficient (Wildman–Crippen LogP) is 2.01. The lowest BCUT2D eigenvalue weighted by molar-refractivity contribution is -0.0862. The second-order valence-electron chi connectivity index (χ2n) is 7.82. The number of hydrogen-bond donors (Lipinski definition) is 2. The van der Waals surface area contributed by atoms with E-state index in [0.29, 0.717) is 43.7 Å². The summed E-state index contributed by atoms with van der Waals surface area (Å²) in [4.78, 5) is 19.7. The minimum absolute atomic E-state index is 0. The lowest BCUT2D eigenvalue weighted by atomic mass is 9.75. The molecule has 0 unspecified atom stereocenters. The highest BCUT2D eigenvalue weighted by Crippen LogP contribution is 2.38. The van der Waals surface area contributed by atoms with Gasteiger partial charge in [-0.2, -0.15) is 0 Å². The Bertz CT molecular complexity index is 851. The van der Waals surface area contributed by atoms with Crippen molar-refractivity contribution in [3.63, 3.8) is 0 Å². The number of rotatable bonds is 6. The summed E-state index contributed by atoms with van der Waals surface area (Å²) >= 11 is 0. The summed E-state index contributed by atoms with van der Waals surface area (Å²) in [7, 11) is 3.94. The Kier molecular flexibility index (Phi) is 7.71. The highest BCUT2D eigenvalue weighted by molar-refractivity contribution is 5.92. The molecule has 1 aliphatic rings. The molecule has 1 saturated heterocycles. The summed E-state index contributed by atoms with van der Waals surface area (Å²) in [6.07, 6.45) is 3.37. The van der Waals surface area contributed by atoms with E-state index in [2.05, 4.69) is 9.88 Å². The topological polar surface area (TPSA) is 82.7 Å². The number of halogens is 2.